The van der Waals surface area contributed by atoms with Crippen molar-refractivity contribution in [2.75, 3.05) is 6.61 Å². The fraction of sp³-hybridized carbons (Fsp3) is 0.192. The van der Waals surface area contributed by atoms with E-state index in [1.807, 2.05) is 31.2 Å². The number of esters is 1. The van der Waals surface area contributed by atoms with Crippen LogP contribution in [0.3, 0.4) is 0 Å². The molecule has 0 radical (unpaired) electrons. The molecule has 4 aromatic rings. The van der Waals surface area contributed by atoms with E-state index in [0.717, 1.165) is 38.1 Å². The SMILES string of the molecule is CCOC(=O)C1=C(C(F)(F)F)N=c2s/c(=C\c3c(C)[nH]c4ccccc34)c(=O)n2[C@@H]1c1ccc(Cl)cc1. The highest BCUT2D eigenvalue weighted by Gasteiger charge is 2.45. The first kappa shape index (κ1) is 25.0. The van der Waals surface area contributed by atoms with Gasteiger partial charge < -0.3 is 9.72 Å². The minimum atomic E-state index is -4.96. The Hall–Kier alpha value is -3.63. The lowest BCUT2D eigenvalue weighted by Crippen LogP contribution is -2.41. The van der Waals surface area contributed by atoms with Crippen molar-refractivity contribution in [3.8, 4) is 0 Å². The molecule has 37 heavy (non-hydrogen) atoms. The molecule has 1 aliphatic heterocycles. The van der Waals surface area contributed by atoms with E-state index in [0.29, 0.717) is 5.02 Å². The molecule has 0 saturated carbocycles. The third-order valence-corrected chi connectivity index (χ3v) is 7.23. The number of benzene rings is 2. The van der Waals surface area contributed by atoms with E-state index < -0.39 is 35.0 Å². The smallest absolute Gasteiger partial charge is 0.434 e. The van der Waals surface area contributed by atoms with Crippen LogP contribution in [-0.4, -0.2) is 28.3 Å². The number of carbonyl (C=O) groups excluding carboxylic acids is 1. The Labute approximate surface area is 217 Å². The van der Waals surface area contributed by atoms with Crippen LogP contribution in [-0.2, 0) is 9.53 Å². The van der Waals surface area contributed by atoms with Gasteiger partial charge >= 0.3 is 12.1 Å². The number of halogens is 4. The third kappa shape index (κ3) is 4.40. The Morgan fingerprint density at radius 1 is 1.22 bits per heavy atom. The maximum atomic E-state index is 14.2. The van der Waals surface area contributed by atoms with Gasteiger partial charge in [0.25, 0.3) is 5.56 Å². The lowest BCUT2D eigenvalue weighted by Gasteiger charge is -2.26. The van der Waals surface area contributed by atoms with Crippen molar-refractivity contribution in [1.82, 2.24) is 9.55 Å². The molecule has 1 aliphatic rings. The standard InChI is InChI=1S/C26H19ClF3N3O3S/c1-3-36-24(35)20-21(14-8-10-15(27)11-9-14)33-23(34)19(37-25(33)32-22(20)26(28,29)30)12-17-13(2)31-18-7-5-4-6-16(17)18/h4-12,21,31H,3H2,1-2H3/b19-12-/t21-/m1/s1. The fourth-order valence-corrected chi connectivity index (χ4v) is 5.53. The zero-order valence-corrected chi connectivity index (χ0v) is 21.1. The van der Waals surface area contributed by atoms with E-state index >= 15 is 0 Å². The van der Waals surface area contributed by atoms with E-state index in [4.69, 9.17) is 16.3 Å². The summed E-state index contributed by atoms with van der Waals surface area (Å²) >= 11 is 6.83. The maximum absolute atomic E-state index is 14.2. The number of thiazole rings is 1. The highest BCUT2D eigenvalue weighted by Crippen LogP contribution is 2.38. The second kappa shape index (κ2) is 9.35. The molecule has 0 bridgehead atoms. The number of para-hydroxylation sites is 1. The zero-order chi connectivity index (χ0) is 26.5. The van der Waals surface area contributed by atoms with Crippen molar-refractivity contribution in [2.45, 2.75) is 26.1 Å². The molecule has 0 amide bonds. The Morgan fingerprint density at radius 2 is 1.92 bits per heavy atom. The number of hydrogen-bond donors (Lipinski definition) is 1. The molecule has 2 aromatic heterocycles. The van der Waals surface area contributed by atoms with E-state index in [2.05, 4.69) is 9.98 Å². The Bertz CT molecular complexity index is 1750. The van der Waals surface area contributed by atoms with Crippen LogP contribution in [0, 0.1) is 6.92 Å². The summed E-state index contributed by atoms with van der Waals surface area (Å²) in [4.78, 5) is 33.4. The minimum Gasteiger partial charge on any atom is -0.463 e. The Balaban J connectivity index is 1.83. The predicted molar refractivity (Wildman–Crippen MR) is 135 cm³/mol. The van der Waals surface area contributed by atoms with Crippen molar-refractivity contribution in [3.63, 3.8) is 0 Å². The predicted octanol–water partition coefficient (Wildman–Crippen LogP) is 4.78. The molecule has 0 spiro atoms. The Kier molecular flexibility index (Phi) is 6.33. The molecule has 11 heteroatoms. The Morgan fingerprint density at radius 3 is 2.59 bits per heavy atom. The first-order valence-corrected chi connectivity index (χ1v) is 12.4. The number of hydrogen-bond acceptors (Lipinski definition) is 5. The van der Waals surface area contributed by atoms with E-state index in [1.165, 1.54) is 31.2 Å². The van der Waals surface area contributed by atoms with Gasteiger partial charge in [0.05, 0.1) is 22.8 Å². The monoisotopic (exact) mass is 545 g/mol. The van der Waals surface area contributed by atoms with Crippen LogP contribution < -0.4 is 14.9 Å². The highest BCUT2D eigenvalue weighted by atomic mass is 35.5. The molecular weight excluding hydrogens is 527 g/mol. The van der Waals surface area contributed by atoms with Gasteiger partial charge in [0.15, 0.2) is 10.5 Å². The van der Waals surface area contributed by atoms with Gasteiger partial charge in [-0.05, 0) is 43.7 Å². The number of aromatic amines is 1. The number of fused-ring (bicyclic) bond motifs is 2. The number of nitrogens with one attached hydrogen (secondary N) is 1. The highest BCUT2D eigenvalue weighted by molar-refractivity contribution is 7.07. The molecule has 3 heterocycles. The molecule has 190 valence electrons. The van der Waals surface area contributed by atoms with Gasteiger partial charge in [-0.15, -0.1) is 0 Å². The first-order chi connectivity index (χ1) is 17.6. The van der Waals surface area contributed by atoms with Crippen LogP contribution in [0.2, 0.25) is 5.02 Å². The summed E-state index contributed by atoms with van der Waals surface area (Å²) in [5.41, 5.74) is -0.0478. The van der Waals surface area contributed by atoms with Gasteiger partial charge in [-0.3, -0.25) is 9.36 Å². The van der Waals surface area contributed by atoms with E-state index in [9.17, 15) is 22.8 Å². The number of aromatic nitrogens is 2. The zero-order valence-electron chi connectivity index (χ0n) is 19.5. The molecule has 1 atom stereocenters. The molecule has 0 unspecified atom stereocenters. The van der Waals surface area contributed by atoms with E-state index in [-0.39, 0.29) is 21.5 Å². The molecule has 0 saturated heterocycles. The maximum Gasteiger partial charge on any atom is 0.434 e. The number of allylic oxidation sites excluding steroid dienone is 1. The summed E-state index contributed by atoms with van der Waals surface area (Å²) in [6.45, 7) is 3.19. The summed E-state index contributed by atoms with van der Waals surface area (Å²) in [6.07, 6.45) is -3.33. The third-order valence-electron chi connectivity index (χ3n) is 6.00. The van der Waals surface area contributed by atoms with Gasteiger partial charge in [-0.1, -0.05) is 53.3 Å². The van der Waals surface area contributed by atoms with Crippen molar-refractivity contribution < 1.29 is 22.7 Å². The lowest BCUT2D eigenvalue weighted by molar-refractivity contribution is -0.140. The average Bonchev–Trinajstić information content (AvgIpc) is 3.34. The molecule has 0 fully saturated rings. The quantitative estimate of drug-likeness (QED) is 0.375. The number of aryl methyl sites for hydroxylation is 1. The second-order valence-electron chi connectivity index (χ2n) is 8.32. The van der Waals surface area contributed by atoms with Crippen LogP contribution in [0.5, 0.6) is 0 Å². The van der Waals surface area contributed by atoms with Crippen LogP contribution in [0.25, 0.3) is 17.0 Å². The number of rotatable bonds is 4. The fourth-order valence-electron chi connectivity index (χ4n) is 4.42. The topological polar surface area (TPSA) is 76.4 Å². The van der Waals surface area contributed by atoms with Crippen LogP contribution in [0.1, 0.15) is 29.8 Å². The van der Waals surface area contributed by atoms with Gasteiger partial charge in [0.1, 0.15) is 0 Å². The van der Waals surface area contributed by atoms with Gasteiger partial charge in [-0.25, -0.2) is 9.79 Å². The van der Waals surface area contributed by atoms with Crippen LogP contribution in [0.4, 0.5) is 13.2 Å². The molecule has 2 aromatic carbocycles. The molecular formula is C26H19ClF3N3O3S. The molecule has 5 rings (SSSR count). The van der Waals surface area contributed by atoms with Gasteiger partial charge in [-0.2, -0.15) is 13.2 Å². The van der Waals surface area contributed by atoms with Crippen molar-refractivity contribution >= 4 is 45.9 Å². The summed E-state index contributed by atoms with van der Waals surface area (Å²) in [5.74, 6) is -1.19. The number of alkyl halides is 3. The number of ether oxygens (including phenoxy) is 1. The van der Waals surface area contributed by atoms with Gasteiger partial charge in [0, 0.05) is 27.2 Å². The molecule has 0 aliphatic carbocycles. The largest absolute Gasteiger partial charge is 0.463 e. The van der Waals surface area contributed by atoms with Gasteiger partial charge in [0.2, 0.25) is 0 Å². The molecule has 1 N–H and O–H groups in total. The van der Waals surface area contributed by atoms with Crippen LogP contribution in [0.15, 0.2) is 69.6 Å². The number of H-pyrrole nitrogens is 1. The van der Waals surface area contributed by atoms with Crippen LogP contribution >= 0.6 is 22.9 Å². The lowest BCUT2D eigenvalue weighted by atomic mass is 9.95. The summed E-state index contributed by atoms with van der Waals surface area (Å²) in [6, 6.07) is 12.0. The second-order valence-corrected chi connectivity index (χ2v) is 9.77. The van der Waals surface area contributed by atoms with Crippen molar-refractivity contribution in [2.24, 2.45) is 4.99 Å². The summed E-state index contributed by atoms with van der Waals surface area (Å²) < 4.78 is 48.9. The molecule has 6 nitrogen and oxygen atoms in total. The minimum absolute atomic E-state index is 0.148. The summed E-state index contributed by atoms with van der Waals surface area (Å²) in [5, 5.41) is 1.21. The number of nitrogens with zero attached hydrogens (tertiary/aromatic N) is 2. The van der Waals surface area contributed by atoms with Crippen molar-refractivity contribution in [1.29, 1.82) is 0 Å². The summed E-state index contributed by atoms with van der Waals surface area (Å²) in [7, 11) is 0. The average molecular weight is 546 g/mol. The first-order valence-electron chi connectivity index (χ1n) is 11.2. The number of carbonyl (C=O) groups is 1. The van der Waals surface area contributed by atoms with Crippen molar-refractivity contribution in [3.05, 3.63) is 101 Å². The normalized spacial score (nSPS) is 16.2. The van der Waals surface area contributed by atoms with E-state index in [1.54, 1.807) is 6.08 Å².